The van der Waals surface area contributed by atoms with Gasteiger partial charge in [0.2, 0.25) is 0 Å². The molecule has 4 aromatic carbocycles. The summed E-state index contributed by atoms with van der Waals surface area (Å²) in [5, 5.41) is 2.93. The number of fused-ring (bicyclic) bond motifs is 8. The van der Waals surface area contributed by atoms with E-state index < -0.39 is 17.6 Å². The van der Waals surface area contributed by atoms with Gasteiger partial charge in [-0.05, 0) is 64.3 Å². The smallest absolute Gasteiger partial charge is 0.410 e. The third-order valence-electron chi connectivity index (χ3n) is 10.7. The SMILES string of the molecule is CCOC(=O)C1(NC(=O)OCC2c3ccccc3-c3ccccc32)CC2CCC(C1)N2C(=O)OCC1c2ccccc2-c2ccccc21. The van der Waals surface area contributed by atoms with Crippen LogP contribution in [-0.4, -0.2) is 60.5 Å². The van der Waals surface area contributed by atoms with E-state index in [2.05, 4.69) is 53.8 Å². The molecule has 8 rings (SSSR count). The van der Waals surface area contributed by atoms with Gasteiger partial charge in [0, 0.05) is 36.8 Å². The summed E-state index contributed by atoms with van der Waals surface area (Å²) < 4.78 is 17.4. The molecule has 8 heteroatoms. The molecule has 2 bridgehead atoms. The fourth-order valence-electron chi connectivity index (χ4n) is 8.64. The van der Waals surface area contributed by atoms with Crippen LogP contribution in [0.15, 0.2) is 97.1 Å². The van der Waals surface area contributed by atoms with Crippen molar-refractivity contribution in [2.24, 2.45) is 0 Å². The van der Waals surface area contributed by atoms with Gasteiger partial charge in [0.25, 0.3) is 0 Å². The quantitative estimate of drug-likeness (QED) is 0.167. The van der Waals surface area contributed by atoms with Gasteiger partial charge in [-0.15, -0.1) is 0 Å². The highest BCUT2D eigenvalue weighted by Gasteiger charge is 2.56. The lowest BCUT2D eigenvalue weighted by molar-refractivity contribution is -0.154. The Morgan fingerprint density at radius 3 is 1.50 bits per heavy atom. The number of esters is 1. The minimum atomic E-state index is -1.30. The van der Waals surface area contributed by atoms with Crippen molar-refractivity contribution in [1.29, 1.82) is 0 Å². The molecular weight excluding hydrogens is 604 g/mol. The molecule has 2 saturated heterocycles. The first-order chi connectivity index (χ1) is 23.5. The molecule has 2 aliphatic carbocycles. The minimum absolute atomic E-state index is 0.0438. The number of rotatable bonds is 7. The van der Waals surface area contributed by atoms with E-state index in [4.69, 9.17) is 14.2 Å². The van der Waals surface area contributed by atoms with Crippen molar-refractivity contribution in [1.82, 2.24) is 10.2 Å². The van der Waals surface area contributed by atoms with E-state index in [1.54, 1.807) is 11.8 Å². The highest BCUT2D eigenvalue weighted by Crippen LogP contribution is 2.47. The number of nitrogens with zero attached hydrogens (tertiary/aromatic N) is 1. The molecule has 48 heavy (non-hydrogen) atoms. The Morgan fingerprint density at radius 2 is 1.06 bits per heavy atom. The zero-order valence-electron chi connectivity index (χ0n) is 26.9. The monoisotopic (exact) mass is 642 g/mol. The van der Waals surface area contributed by atoms with Crippen LogP contribution in [0, 0.1) is 0 Å². The van der Waals surface area contributed by atoms with Crippen LogP contribution in [0.4, 0.5) is 9.59 Å². The molecule has 0 radical (unpaired) electrons. The Kier molecular flexibility index (Phi) is 7.66. The summed E-state index contributed by atoms with van der Waals surface area (Å²) in [4.78, 5) is 42.5. The van der Waals surface area contributed by atoms with Crippen molar-refractivity contribution in [2.45, 2.75) is 62.1 Å². The maximum absolute atomic E-state index is 13.7. The Labute approximate surface area is 280 Å². The van der Waals surface area contributed by atoms with Crippen LogP contribution in [-0.2, 0) is 19.0 Å². The Hall–Kier alpha value is -5.11. The van der Waals surface area contributed by atoms with E-state index in [1.165, 1.54) is 11.1 Å². The van der Waals surface area contributed by atoms with Crippen molar-refractivity contribution >= 4 is 18.2 Å². The maximum Gasteiger partial charge on any atom is 0.410 e. The zero-order valence-corrected chi connectivity index (χ0v) is 26.9. The van der Waals surface area contributed by atoms with Crippen LogP contribution in [0.5, 0.6) is 0 Å². The van der Waals surface area contributed by atoms with Crippen molar-refractivity contribution < 1.29 is 28.6 Å². The molecule has 1 N–H and O–H groups in total. The third kappa shape index (κ3) is 5.02. The predicted molar refractivity (Wildman–Crippen MR) is 181 cm³/mol. The number of nitrogens with one attached hydrogen (secondary N) is 1. The van der Waals surface area contributed by atoms with E-state index in [0.717, 1.165) is 33.4 Å². The van der Waals surface area contributed by atoms with E-state index >= 15 is 0 Å². The number of carbonyl (C=O) groups excluding carboxylic acids is 3. The normalized spacial score (nSPS) is 21.9. The standard InChI is InChI=1S/C40H38N2O6/c1-2-46-37(43)40(41-38(44)47-23-35-31-15-7-3-11-27(31)28-12-4-8-16-32(28)35)21-25-19-20-26(22-40)42(25)39(45)48-24-36-33-17-9-5-13-29(33)30-14-6-10-18-34(30)36/h3-18,25-26,35-36H,2,19-24H2,1H3,(H,41,44). The van der Waals surface area contributed by atoms with Crippen LogP contribution in [0.1, 0.15) is 66.7 Å². The number of ether oxygens (including phenoxy) is 3. The van der Waals surface area contributed by atoms with Gasteiger partial charge < -0.3 is 24.4 Å². The molecule has 0 saturated carbocycles. The second-order valence-corrected chi connectivity index (χ2v) is 13.3. The Morgan fingerprint density at radius 1 is 0.646 bits per heavy atom. The van der Waals surface area contributed by atoms with Gasteiger partial charge in [0.15, 0.2) is 0 Å². The number of benzene rings is 4. The molecule has 2 fully saturated rings. The first-order valence-corrected chi connectivity index (χ1v) is 16.9. The number of hydrogen-bond acceptors (Lipinski definition) is 6. The molecule has 0 spiro atoms. The summed E-state index contributed by atoms with van der Waals surface area (Å²) in [6, 6.07) is 32.3. The van der Waals surface area contributed by atoms with Gasteiger partial charge in [0.05, 0.1) is 6.61 Å². The van der Waals surface area contributed by atoms with Gasteiger partial charge in [-0.25, -0.2) is 14.4 Å². The molecule has 4 aromatic rings. The number of carbonyl (C=O) groups is 3. The number of amides is 2. The van der Waals surface area contributed by atoms with Crippen LogP contribution < -0.4 is 5.32 Å². The van der Waals surface area contributed by atoms with Crippen LogP contribution in [0.2, 0.25) is 0 Å². The fourth-order valence-corrected chi connectivity index (χ4v) is 8.64. The van der Waals surface area contributed by atoms with E-state index in [0.29, 0.717) is 12.8 Å². The van der Waals surface area contributed by atoms with E-state index in [1.807, 2.05) is 48.5 Å². The van der Waals surface area contributed by atoms with E-state index in [-0.39, 0.29) is 62.7 Å². The molecule has 244 valence electrons. The second kappa shape index (κ2) is 12.2. The van der Waals surface area contributed by atoms with Crippen molar-refractivity contribution in [3.05, 3.63) is 119 Å². The molecule has 2 aliphatic heterocycles. The first kappa shape index (κ1) is 30.2. The molecule has 2 heterocycles. The lowest BCUT2D eigenvalue weighted by Gasteiger charge is -2.44. The van der Waals surface area contributed by atoms with Gasteiger partial charge in [-0.2, -0.15) is 0 Å². The first-order valence-electron chi connectivity index (χ1n) is 16.9. The van der Waals surface area contributed by atoms with Crippen LogP contribution in [0.25, 0.3) is 22.3 Å². The van der Waals surface area contributed by atoms with Crippen LogP contribution in [0.3, 0.4) is 0 Å². The molecule has 2 unspecified atom stereocenters. The predicted octanol–water partition coefficient (Wildman–Crippen LogP) is 7.40. The molecule has 4 aliphatic rings. The zero-order chi connectivity index (χ0) is 32.8. The number of alkyl carbamates (subject to hydrolysis) is 1. The van der Waals surface area contributed by atoms with Crippen molar-refractivity contribution in [2.75, 3.05) is 19.8 Å². The second-order valence-electron chi connectivity index (χ2n) is 13.3. The third-order valence-corrected chi connectivity index (χ3v) is 10.7. The summed E-state index contributed by atoms with van der Waals surface area (Å²) >= 11 is 0. The molecule has 0 aromatic heterocycles. The average Bonchev–Trinajstić information content (AvgIpc) is 3.71. The summed E-state index contributed by atoms with van der Waals surface area (Å²) in [6.07, 6.45) is 0.833. The summed E-state index contributed by atoms with van der Waals surface area (Å²) in [5.74, 6) is -0.645. The van der Waals surface area contributed by atoms with Gasteiger partial charge in [0.1, 0.15) is 18.8 Å². The lowest BCUT2D eigenvalue weighted by atomic mass is 9.83. The van der Waals surface area contributed by atoms with Crippen molar-refractivity contribution in [3.63, 3.8) is 0 Å². The van der Waals surface area contributed by atoms with Gasteiger partial charge in [-0.3, -0.25) is 0 Å². The fraction of sp³-hybridized carbons (Fsp3) is 0.325. The Balaban J connectivity index is 0.957. The highest BCUT2D eigenvalue weighted by atomic mass is 16.6. The van der Waals surface area contributed by atoms with Gasteiger partial charge >= 0.3 is 18.2 Å². The number of piperidine rings is 1. The summed E-state index contributed by atoms with van der Waals surface area (Å²) in [6.45, 7) is 2.29. The van der Waals surface area contributed by atoms with Crippen LogP contribution >= 0.6 is 0 Å². The topological polar surface area (TPSA) is 94.2 Å². The van der Waals surface area contributed by atoms with E-state index in [9.17, 15) is 14.4 Å². The summed E-state index contributed by atoms with van der Waals surface area (Å²) in [5.41, 5.74) is 7.86. The molecule has 2 amide bonds. The largest absolute Gasteiger partial charge is 0.464 e. The highest BCUT2D eigenvalue weighted by molar-refractivity contribution is 5.87. The molecular formula is C40H38N2O6. The maximum atomic E-state index is 13.7. The molecule has 2 atom stereocenters. The minimum Gasteiger partial charge on any atom is -0.464 e. The average molecular weight is 643 g/mol. The molecule has 8 nitrogen and oxygen atoms in total. The Bertz CT molecular complexity index is 1800. The number of hydrogen-bond donors (Lipinski definition) is 1. The van der Waals surface area contributed by atoms with Gasteiger partial charge in [-0.1, -0.05) is 97.1 Å². The summed E-state index contributed by atoms with van der Waals surface area (Å²) in [7, 11) is 0. The van der Waals surface area contributed by atoms with Crippen molar-refractivity contribution in [3.8, 4) is 22.3 Å². The lowest BCUT2D eigenvalue weighted by Crippen LogP contribution is -2.64.